The minimum Gasteiger partial charge on any atom is -0.399 e. The van der Waals surface area contributed by atoms with Gasteiger partial charge in [-0.25, -0.2) is 0 Å². The Kier molecular flexibility index (Phi) is 3.76. The smallest absolute Gasteiger partial charge is 0.399 e. The van der Waals surface area contributed by atoms with E-state index in [0.717, 1.165) is 12.1 Å². The lowest BCUT2D eigenvalue weighted by Crippen LogP contribution is -2.41. The van der Waals surface area contributed by atoms with Gasteiger partial charge in [0.1, 0.15) is 0 Å². The fourth-order valence-corrected chi connectivity index (χ4v) is 2.40. The van der Waals surface area contributed by atoms with Gasteiger partial charge in [0.25, 0.3) is 0 Å². The highest BCUT2D eigenvalue weighted by atomic mass is 79.9. The third kappa shape index (κ3) is 2.90. The summed E-state index contributed by atoms with van der Waals surface area (Å²) in [7, 11) is -0.807. The maximum absolute atomic E-state index is 12.8. The van der Waals surface area contributed by atoms with Gasteiger partial charge in [0.15, 0.2) is 0 Å². The summed E-state index contributed by atoms with van der Waals surface area (Å²) < 4.78 is 50.4. The Morgan fingerprint density at radius 1 is 1.00 bits per heavy atom. The maximum Gasteiger partial charge on any atom is 0.494 e. The highest BCUT2D eigenvalue weighted by Crippen LogP contribution is 2.37. The van der Waals surface area contributed by atoms with Crippen molar-refractivity contribution in [1.82, 2.24) is 0 Å². The summed E-state index contributed by atoms with van der Waals surface area (Å²) in [5.74, 6) is 0. The van der Waals surface area contributed by atoms with Crippen LogP contribution in [0.4, 0.5) is 13.2 Å². The van der Waals surface area contributed by atoms with Crippen molar-refractivity contribution >= 4 is 28.5 Å². The number of alkyl halides is 3. The number of halogens is 4. The SMILES string of the molecule is CC1(C)OB(c2cc(Br)cc(C(F)(F)F)c2)OC1(C)C. The second-order valence-electron chi connectivity index (χ2n) is 5.86. The van der Waals surface area contributed by atoms with Crippen molar-refractivity contribution in [2.75, 3.05) is 0 Å². The summed E-state index contributed by atoms with van der Waals surface area (Å²) in [5.41, 5.74) is -1.54. The van der Waals surface area contributed by atoms with Crippen LogP contribution >= 0.6 is 15.9 Å². The van der Waals surface area contributed by atoms with E-state index >= 15 is 0 Å². The summed E-state index contributed by atoms with van der Waals surface area (Å²) in [6.07, 6.45) is -4.40. The van der Waals surface area contributed by atoms with Crippen molar-refractivity contribution in [3.05, 3.63) is 28.2 Å². The maximum atomic E-state index is 12.8. The molecule has 2 nitrogen and oxygen atoms in total. The van der Waals surface area contributed by atoms with Gasteiger partial charge in [0.2, 0.25) is 0 Å². The van der Waals surface area contributed by atoms with Gasteiger partial charge in [-0.05, 0) is 45.3 Å². The molecule has 0 aliphatic carbocycles. The van der Waals surface area contributed by atoms with Crippen LogP contribution in [-0.4, -0.2) is 18.3 Å². The molecule has 1 aromatic carbocycles. The standard InChI is InChI=1S/C13H15BBrF3O2/c1-11(2)12(3,4)20-14(19-11)9-5-8(13(16,17)18)6-10(15)7-9/h5-7H,1-4H3. The Morgan fingerprint density at radius 2 is 1.50 bits per heavy atom. The predicted octanol–water partition coefficient (Wildman–Crippen LogP) is 3.77. The van der Waals surface area contributed by atoms with Gasteiger partial charge in [0, 0.05) is 4.47 Å². The molecule has 20 heavy (non-hydrogen) atoms. The zero-order valence-corrected chi connectivity index (χ0v) is 13.2. The summed E-state index contributed by atoms with van der Waals surface area (Å²) in [4.78, 5) is 0. The van der Waals surface area contributed by atoms with Crippen LogP contribution in [0.1, 0.15) is 33.3 Å². The van der Waals surface area contributed by atoms with Crippen LogP contribution in [0, 0.1) is 0 Å². The minimum absolute atomic E-state index is 0.344. The second-order valence-corrected chi connectivity index (χ2v) is 6.77. The lowest BCUT2D eigenvalue weighted by Gasteiger charge is -2.32. The molecule has 110 valence electrons. The van der Waals surface area contributed by atoms with Crippen molar-refractivity contribution in [1.29, 1.82) is 0 Å². The molecule has 0 bridgehead atoms. The molecule has 0 saturated carbocycles. The largest absolute Gasteiger partial charge is 0.494 e. The molecule has 0 aromatic heterocycles. The Hall–Kier alpha value is -0.525. The molecule has 1 saturated heterocycles. The highest BCUT2D eigenvalue weighted by molar-refractivity contribution is 9.10. The van der Waals surface area contributed by atoms with Crippen molar-refractivity contribution in [2.45, 2.75) is 45.1 Å². The molecule has 1 aliphatic heterocycles. The first-order chi connectivity index (χ1) is 8.92. The summed E-state index contributed by atoms with van der Waals surface area (Å²) in [6, 6.07) is 3.68. The van der Waals surface area contributed by atoms with Gasteiger partial charge in [-0.3, -0.25) is 0 Å². The van der Waals surface area contributed by atoms with Gasteiger partial charge in [-0.15, -0.1) is 0 Å². The molecule has 0 N–H and O–H groups in total. The van der Waals surface area contributed by atoms with E-state index in [0.29, 0.717) is 9.94 Å². The second kappa shape index (κ2) is 4.75. The van der Waals surface area contributed by atoms with Gasteiger partial charge in [0.05, 0.1) is 16.8 Å². The van der Waals surface area contributed by atoms with Crippen LogP contribution in [0.15, 0.2) is 22.7 Å². The van der Waals surface area contributed by atoms with Gasteiger partial charge >= 0.3 is 13.3 Å². The molecular weight excluding hydrogens is 336 g/mol. The van der Waals surface area contributed by atoms with Crippen molar-refractivity contribution in [3.63, 3.8) is 0 Å². The average Bonchev–Trinajstić information content (AvgIpc) is 2.46. The number of hydrogen-bond donors (Lipinski definition) is 0. The first-order valence-electron chi connectivity index (χ1n) is 6.16. The summed E-state index contributed by atoms with van der Waals surface area (Å²) in [6.45, 7) is 7.43. The number of hydrogen-bond acceptors (Lipinski definition) is 2. The van der Waals surface area contributed by atoms with E-state index in [1.807, 2.05) is 27.7 Å². The molecule has 0 radical (unpaired) electrons. The molecule has 1 aromatic rings. The van der Waals surface area contributed by atoms with E-state index in [2.05, 4.69) is 15.9 Å². The molecule has 1 aliphatic rings. The average molecular weight is 351 g/mol. The van der Waals surface area contributed by atoms with Crippen molar-refractivity contribution in [2.24, 2.45) is 0 Å². The molecule has 7 heteroatoms. The molecule has 1 fully saturated rings. The van der Waals surface area contributed by atoms with E-state index in [4.69, 9.17) is 9.31 Å². The fourth-order valence-electron chi connectivity index (χ4n) is 1.89. The van der Waals surface area contributed by atoms with Gasteiger partial charge in [-0.2, -0.15) is 13.2 Å². The van der Waals surface area contributed by atoms with Crippen LogP contribution in [0.3, 0.4) is 0 Å². The molecule has 1 heterocycles. The van der Waals surface area contributed by atoms with E-state index in [9.17, 15) is 13.2 Å². The Balaban J connectivity index is 2.38. The van der Waals surface area contributed by atoms with E-state index < -0.39 is 30.1 Å². The summed E-state index contributed by atoms with van der Waals surface area (Å²) in [5, 5.41) is 0. The monoisotopic (exact) mass is 350 g/mol. The van der Waals surface area contributed by atoms with Gasteiger partial charge < -0.3 is 9.31 Å². The zero-order valence-electron chi connectivity index (χ0n) is 11.6. The molecule has 0 spiro atoms. The minimum atomic E-state index is -4.40. The van der Waals surface area contributed by atoms with Crippen LogP contribution in [-0.2, 0) is 15.5 Å². The topological polar surface area (TPSA) is 18.5 Å². The van der Waals surface area contributed by atoms with Crippen LogP contribution in [0.25, 0.3) is 0 Å². The predicted molar refractivity (Wildman–Crippen MR) is 74.9 cm³/mol. The normalized spacial score (nSPS) is 21.3. The molecular formula is C13H15BBrF3O2. The van der Waals surface area contributed by atoms with Gasteiger partial charge in [-0.1, -0.05) is 22.0 Å². The third-order valence-corrected chi connectivity index (χ3v) is 4.23. The zero-order chi connectivity index (χ0) is 15.3. The third-order valence-electron chi connectivity index (χ3n) is 3.77. The first-order valence-corrected chi connectivity index (χ1v) is 6.95. The van der Waals surface area contributed by atoms with Crippen LogP contribution in [0.5, 0.6) is 0 Å². The fraction of sp³-hybridized carbons (Fsp3) is 0.538. The molecule has 0 unspecified atom stereocenters. The molecule has 2 rings (SSSR count). The Bertz CT molecular complexity index is 513. The molecule has 0 amide bonds. The lowest BCUT2D eigenvalue weighted by molar-refractivity contribution is -0.137. The number of benzene rings is 1. The first kappa shape index (κ1) is 15.9. The molecule has 0 atom stereocenters. The van der Waals surface area contributed by atoms with Crippen LogP contribution < -0.4 is 5.46 Å². The Morgan fingerprint density at radius 3 is 1.95 bits per heavy atom. The van der Waals surface area contributed by atoms with Crippen molar-refractivity contribution < 1.29 is 22.5 Å². The van der Waals surface area contributed by atoms with E-state index in [-0.39, 0.29) is 0 Å². The lowest BCUT2D eigenvalue weighted by atomic mass is 9.78. The summed E-state index contributed by atoms with van der Waals surface area (Å²) >= 11 is 3.10. The van der Waals surface area contributed by atoms with Crippen LogP contribution in [0.2, 0.25) is 0 Å². The highest BCUT2D eigenvalue weighted by Gasteiger charge is 2.52. The Labute approximate surface area is 124 Å². The van der Waals surface area contributed by atoms with E-state index in [1.165, 1.54) is 0 Å². The quantitative estimate of drug-likeness (QED) is 0.718. The van der Waals surface area contributed by atoms with E-state index in [1.54, 1.807) is 6.07 Å². The number of rotatable bonds is 1. The van der Waals surface area contributed by atoms with Crippen molar-refractivity contribution in [3.8, 4) is 0 Å².